The molecule has 0 radical (unpaired) electrons. The maximum absolute atomic E-state index is 12.3. The molecule has 2 amide bonds. The Morgan fingerprint density at radius 2 is 1.52 bits per heavy atom. The summed E-state index contributed by atoms with van der Waals surface area (Å²) in [5.74, 6) is 1.40. The second-order valence-electron chi connectivity index (χ2n) is 6.46. The van der Waals surface area contributed by atoms with E-state index < -0.39 is 0 Å². The summed E-state index contributed by atoms with van der Waals surface area (Å²) in [4.78, 5) is 24.4. The molecule has 0 saturated heterocycles. The van der Waals surface area contributed by atoms with E-state index in [1.807, 2.05) is 26.0 Å². The zero-order chi connectivity index (χ0) is 19.6. The third kappa shape index (κ3) is 6.66. The van der Waals surface area contributed by atoms with Crippen LogP contribution in [0.25, 0.3) is 0 Å². The summed E-state index contributed by atoms with van der Waals surface area (Å²) in [5, 5.41) is 5.63. The Labute approximate surface area is 159 Å². The van der Waals surface area contributed by atoms with Crippen LogP contribution in [0.15, 0.2) is 48.5 Å². The first-order valence-corrected chi connectivity index (χ1v) is 8.93. The molecule has 0 bridgehead atoms. The third-order valence-corrected chi connectivity index (χ3v) is 3.77. The van der Waals surface area contributed by atoms with Crippen LogP contribution in [0.4, 0.5) is 0 Å². The van der Waals surface area contributed by atoms with Gasteiger partial charge in [-0.3, -0.25) is 9.59 Å². The molecule has 0 aliphatic rings. The number of hydrogen-bond acceptors (Lipinski definition) is 4. The van der Waals surface area contributed by atoms with Gasteiger partial charge in [0.25, 0.3) is 11.8 Å². The highest BCUT2D eigenvalue weighted by molar-refractivity contribution is 5.99. The van der Waals surface area contributed by atoms with Gasteiger partial charge in [-0.25, -0.2) is 0 Å². The van der Waals surface area contributed by atoms with Gasteiger partial charge in [0.2, 0.25) is 0 Å². The van der Waals surface area contributed by atoms with Gasteiger partial charge in [0.1, 0.15) is 18.1 Å². The number of ether oxygens (including phenoxy) is 2. The van der Waals surface area contributed by atoms with E-state index in [-0.39, 0.29) is 11.8 Å². The molecule has 0 saturated carbocycles. The molecule has 2 rings (SSSR count). The van der Waals surface area contributed by atoms with Crippen LogP contribution in [-0.2, 0) is 0 Å². The molecule has 2 aromatic carbocycles. The Balaban J connectivity index is 1.81. The maximum atomic E-state index is 12.3. The van der Waals surface area contributed by atoms with Crippen LogP contribution >= 0.6 is 0 Å². The number of amides is 2. The van der Waals surface area contributed by atoms with Gasteiger partial charge in [-0.05, 0) is 48.4 Å². The molecule has 0 aliphatic carbocycles. The van der Waals surface area contributed by atoms with E-state index in [9.17, 15) is 9.59 Å². The SMILES string of the molecule is COc1ccc(OCCNC(=O)c2cccc(C(=O)NCC(C)C)c2)cc1. The van der Waals surface area contributed by atoms with E-state index in [0.29, 0.717) is 42.5 Å². The molecule has 0 fully saturated rings. The molecule has 0 aromatic heterocycles. The van der Waals surface area contributed by atoms with Crippen LogP contribution < -0.4 is 20.1 Å². The fourth-order valence-corrected chi connectivity index (χ4v) is 2.31. The molecule has 6 heteroatoms. The minimum Gasteiger partial charge on any atom is -0.497 e. The minimum atomic E-state index is -0.244. The van der Waals surface area contributed by atoms with Crippen LogP contribution in [0.5, 0.6) is 11.5 Å². The smallest absolute Gasteiger partial charge is 0.251 e. The first-order valence-electron chi connectivity index (χ1n) is 8.93. The van der Waals surface area contributed by atoms with Crippen molar-refractivity contribution in [3.8, 4) is 11.5 Å². The van der Waals surface area contributed by atoms with Gasteiger partial charge in [-0.15, -0.1) is 0 Å². The predicted octanol–water partition coefficient (Wildman–Crippen LogP) is 2.89. The first kappa shape index (κ1) is 20.3. The molecule has 144 valence electrons. The van der Waals surface area contributed by atoms with Gasteiger partial charge in [0.15, 0.2) is 0 Å². The lowest BCUT2D eigenvalue weighted by molar-refractivity contribution is 0.0947. The van der Waals surface area contributed by atoms with Crippen LogP contribution in [0.2, 0.25) is 0 Å². The number of nitrogens with one attached hydrogen (secondary N) is 2. The molecule has 2 N–H and O–H groups in total. The van der Waals surface area contributed by atoms with Crippen LogP contribution in [-0.4, -0.2) is 38.6 Å². The van der Waals surface area contributed by atoms with Crippen molar-refractivity contribution in [1.29, 1.82) is 0 Å². The number of carbonyl (C=O) groups excluding carboxylic acids is 2. The van der Waals surface area contributed by atoms with Crippen LogP contribution in [0, 0.1) is 5.92 Å². The molecule has 0 unspecified atom stereocenters. The summed E-state index contributed by atoms with van der Waals surface area (Å²) in [6.07, 6.45) is 0. The second kappa shape index (κ2) is 10.2. The molecule has 0 spiro atoms. The van der Waals surface area contributed by atoms with Gasteiger partial charge >= 0.3 is 0 Å². The van der Waals surface area contributed by atoms with Gasteiger partial charge in [-0.2, -0.15) is 0 Å². The number of carbonyl (C=O) groups is 2. The van der Waals surface area contributed by atoms with Gasteiger partial charge in [0, 0.05) is 17.7 Å². The predicted molar refractivity (Wildman–Crippen MR) is 104 cm³/mol. The van der Waals surface area contributed by atoms with E-state index in [1.54, 1.807) is 43.5 Å². The van der Waals surface area contributed by atoms with Crippen molar-refractivity contribution in [2.45, 2.75) is 13.8 Å². The lowest BCUT2D eigenvalue weighted by atomic mass is 10.1. The van der Waals surface area contributed by atoms with E-state index in [2.05, 4.69) is 10.6 Å². The molecular formula is C21H26N2O4. The summed E-state index contributed by atoms with van der Waals surface area (Å²) < 4.78 is 10.7. The monoisotopic (exact) mass is 370 g/mol. The molecule has 0 heterocycles. The first-order chi connectivity index (χ1) is 13.0. The van der Waals surface area contributed by atoms with E-state index >= 15 is 0 Å². The number of methoxy groups -OCH3 is 1. The molecule has 0 atom stereocenters. The number of rotatable bonds is 9. The van der Waals surface area contributed by atoms with Crippen LogP contribution in [0.1, 0.15) is 34.6 Å². The average molecular weight is 370 g/mol. The second-order valence-corrected chi connectivity index (χ2v) is 6.46. The summed E-state index contributed by atoms with van der Waals surface area (Å²) >= 11 is 0. The summed E-state index contributed by atoms with van der Waals surface area (Å²) in [6.45, 7) is 5.34. The fourth-order valence-electron chi connectivity index (χ4n) is 2.31. The molecule has 6 nitrogen and oxygen atoms in total. The molecule has 27 heavy (non-hydrogen) atoms. The highest BCUT2D eigenvalue weighted by atomic mass is 16.5. The normalized spacial score (nSPS) is 10.4. The van der Waals surface area contributed by atoms with Crippen molar-refractivity contribution in [3.63, 3.8) is 0 Å². The van der Waals surface area contributed by atoms with E-state index in [0.717, 1.165) is 5.75 Å². The molecule has 2 aromatic rings. The fraction of sp³-hybridized carbons (Fsp3) is 0.333. The molecular weight excluding hydrogens is 344 g/mol. The minimum absolute atomic E-state index is 0.179. The Hall–Kier alpha value is -3.02. The van der Waals surface area contributed by atoms with Crippen molar-refractivity contribution in [2.75, 3.05) is 26.8 Å². The van der Waals surface area contributed by atoms with Crippen molar-refractivity contribution < 1.29 is 19.1 Å². The Kier molecular flexibility index (Phi) is 7.67. The van der Waals surface area contributed by atoms with Crippen LogP contribution in [0.3, 0.4) is 0 Å². The van der Waals surface area contributed by atoms with Crippen molar-refractivity contribution >= 4 is 11.8 Å². The van der Waals surface area contributed by atoms with E-state index in [1.165, 1.54) is 0 Å². The summed E-state index contributed by atoms with van der Waals surface area (Å²) in [6, 6.07) is 13.9. The maximum Gasteiger partial charge on any atom is 0.251 e. The van der Waals surface area contributed by atoms with Gasteiger partial charge in [-0.1, -0.05) is 19.9 Å². The third-order valence-electron chi connectivity index (χ3n) is 3.77. The zero-order valence-electron chi connectivity index (χ0n) is 16.0. The standard InChI is InChI=1S/C21H26N2O4/c1-15(2)14-23-21(25)17-6-4-5-16(13-17)20(24)22-11-12-27-19-9-7-18(26-3)8-10-19/h4-10,13,15H,11-12,14H2,1-3H3,(H,22,24)(H,23,25). The Morgan fingerprint density at radius 1 is 0.926 bits per heavy atom. The quantitative estimate of drug-likeness (QED) is 0.666. The highest BCUT2D eigenvalue weighted by Gasteiger charge is 2.10. The Morgan fingerprint density at radius 3 is 2.11 bits per heavy atom. The van der Waals surface area contributed by atoms with E-state index in [4.69, 9.17) is 9.47 Å². The zero-order valence-corrected chi connectivity index (χ0v) is 16.0. The lowest BCUT2D eigenvalue weighted by Gasteiger charge is -2.10. The van der Waals surface area contributed by atoms with Crippen molar-refractivity contribution in [3.05, 3.63) is 59.7 Å². The lowest BCUT2D eigenvalue weighted by Crippen LogP contribution is -2.29. The van der Waals surface area contributed by atoms with Crippen molar-refractivity contribution in [1.82, 2.24) is 10.6 Å². The number of hydrogen-bond donors (Lipinski definition) is 2. The van der Waals surface area contributed by atoms with Crippen molar-refractivity contribution in [2.24, 2.45) is 5.92 Å². The van der Waals surface area contributed by atoms with Gasteiger partial charge < -0.3 is 20.1 Å². The summed E-state index contributed by atoms with van der Waals surface area (Å²) in [7, 11) is 1.61. The Bertz CT molecular complexity index is 757. The number of benzene rings is 2. The topological polar surface area (TPSA) is 76.7 Å². The summed E-state index contributed by atoms with van der Waals surface area (Å²) in [5.41, 5.74) is 0.912. The largest absolute Gasteiger partial charge is 0.497 e. The average Bonchev–Trinajstić information content (AvgIpc) is 2.69. The molecule has 0 aliphatic heterocycles. The van der Waals surface area contributed by atoms with Gasteiger partial charge in [0.05, 0.1) is 13.7 Å². The highest BCUT2D eigenvalue weighted by Crippen LogP contribution is 2.16.